The van der Waals surface area contributed by atoms with E-state index >= 15 is 0 Å². The highest BCUT2D eigenvalue weighted by Crippen LogP contribution is 1.93. The summed E-state index contributed by atoms with van der Waals surface area (Å²) in [5, 5.41) is 11.2. The van der Waals surface area contributed by atoms with Gasteiger partial charge in [-0.3, -0.25) is 19.3 Å². The molecule has 0 aliphatic carbocycles. The van der Waals surface area contributed by atoms with Crippen LogP contribution in [0.5, 0.6) is 0 Å². The number of nitrogens with one attached hydrogen (secondary N) is 1. The second-order valence-corrected chi connectivity index (χ2v) is 3.51. The molecule has 7 heteroatoms. The van der Waals surface area contributed by atoms with Crippen molar-refractivity contribution >= 4 is 18.2 Å². The van der Waals surface area contributed by atoms with Crippen LogP contribution < -0.4 is 11.1 Å². The number of carbonyl (C=O) groups excluding carboxylic acids is 3. The fraction of sp³-hybridized carbons (Fsp3) is 0.700. The van der Waals surface area contributed by atoms with Crippen molar-refractivity contribution in [3.63, 3.8) is 0 Å². The Hall–Kier alpha value is -1.47. The van der Waals surface area contributed by atoms with Gasteiger partial charge in [-0.1, -0.05) is 6.92 Å². The lowest BCUT2D eigenvalue weighted by molar-refractivity contribution is -0.149. The highest BCUT2D eigenvalue weighted by molar-refractivity contribution is 6.36. The number of carbonyl (C=O) groups is 3. The summed E-state index contributed by atoms with van der Waals surface area (Å²) in [7, 11) is 0. The average Bonchev–Trinajstić information content (AvgIpc) is 2.36. The Morgan fingerprint density at radius 2 is 2.18 bits per heavy atom. The Balaban J connectivity index is 4.34. The standard InChI is InChI=1S/C10H19N3O4/c1-2-8(6-14)12-9(16)10(17)13(7-15)5-3-4-11/h7-8,14H,2-6,11H2,1H3,(H,12,16). The monoisotopic (exact) mass is 245 g/mol. The summed E-state index contributed by atoms with van der Waals surface area (Å²) in [6, 6.07) is -0.477. The molecule has 0 aliphatic rings. The molecule has 0 saturated heterocycles. The van der Waals surface area contributed by atoms with Crippen molar-refractivity contribution in [2.45, 2.75) is 25.8 Å². The first-order valence-corrected chi connectivity index (χ1v) is 5.48. The second-order valence-electron chi connectivity index (χ2n) is 3.51. The number of aliphatic hydroxyl groups excluding tert-OH is 1. The van der Waals surface area contributed by atoms with E-state index in [0.717, 1.165) is 4.90 Å². The molecule has 0 spiro atoms. The Bertz CT molecular complexity index is 266. The van der Waals surface area contributed by atoms with Gasteiger partial charge in [-0.15, -0.1) is 0 Å². The van der Waals surface area contributed by atoms with E-state index in [2.05, 4.69) is 5.32 Å². The smallest absolute Gasteiger partial charge is 0.318 e. The van der Waals surface area contributed by atoms with Gasteiger partial charge in [-0.25, -0.2) is 0 Å². The van der Waals surface area contributed by atoms with Gasteiger partial charge in [0.15, 0.2) is 0 Å². The quantitative estimate of drug-likeness (QED) is 0.362. The van der Waals surface area contributed by atoms with Gasteiger partial charge in [-0.2, -0.15) is 0 Å². The predicted octanol–water partition coefficient (Wildman–Crippen LogP) is -1.79. The van der Waals surface area contributed by atoms with Crippen LogP contribution in [0.3, 0.4) is 0 Å². The van der Waals surface area contributed by atoms with Crippen LogP contribution in [0.1, 0.15) is 19.8 Å². The predicted molar refractivity (Wildman–Crippen MR) is 60.8 cm³/mol. The molecule has 0 radical (unpaired) electrons. The molecular weight excluding hydrogens is 226 g/mol. The van der Waals surface area contributed by atoms with E-state index in [4.69, 9.17) is 10.8 Å². The third-order valence-electron chi connectivity index (χ3n) is 2.23. The van der Waals surface area contributed by atoms with Crippen LogP contribution in [-0.4, -0.2) is 54.0 Å². The van der Waals surface area contributed by atoms with Gasteiger partial charge in [0.25, 0.3) is 0 Å². The van der Waals surface area contributed by atoms with Crippen molar-refractivity contribution < 1.29 is 19.5 Å². The number of amides is 3. The van der Waals surface area contributed by atoms with Gasteiger partial charge >= 0.3 is 11.8 Å². The lowest BCUT2D eigenvalue weighted by Gasteiger charge is -2.17. The van der Waals surface area contributed by atoms with Crippen molar-refractivity contribution in [2.24, 2.45) is 5.73 Å². The molecule has 0 aliphatic heterocycles. The van der Waals surface area contributed by atoms with Gasteiger partial charge in [0.1, 0.15) is 0 Å². The van der Waals surface area contributed by atoms with E-state index in [0.29, 0.717) is 25.8 Å². The molecule has 98 valence electrons. The minimum atomic E-state index is -0.930. The molecule has 17 heavy (non-hydrogen) atoms. The van der Waals surface area contributed by atoms with Gasteiger partial charge in [0, 0.05) is 6.54 Å². The minimum absolute atomic E-state index is 0.113. The molecular formula is C10H19N3O4. The summed E-state index contributed by atoms with van der Waals surface area (Å²) < 4.78 is 0. The van der Waals surface area contributed by atoms with E-state index in [1.807, 2.05) is 0 Å². The number of rotatable bonds is 7. The Kier molecular flexibility index (Phi) is 7.91. The largest absolute Gasteiger partial charge is 0.394 e. The highest BCUT2D eigenvalue weighted by atomic mass is 16.3. The van der Waals surface area contributed by atoms with Crippen LogP contribution >= 0.6 is 0 Å². The Labute approximate surface area is 100.0 Å². The lowest BCUT2D eigenvalue weighted by atomic mass is 10.2. The number of hydrogen-bond acceptors (Lipinski definition) is 5. The first-order chi connectivity index (χ1) is 8.10. The molecule has 0 rings (SSSR count). The van der Waals surface area contributed by atoms with Gasteiger partial charge < -0.3 is 16.2 Å². The number of hydrogen-bond donors (Lipinski definition) is 3. The van der Waals surface area contributed by atoms with Crippen molar-refractivity contribution in [2.75, 3.05) is 19.7 Å². The summed E-state index contributed by atoms with van der Waals surface area (Å²) >= 11 is 0. The maximum atomic E-state index is 11.5. The fourth-order valence-electron chi connectivity index (χ4n) is 1.12. The molecule has 0 aromatic carbocycles. The van der Waals surface area contributed by atoms with Crippen molar-refractivity contribution in [1.82, 2.24) is 10.2 Å². The van der Waals surface area contributed by atoms with Crippen molar-refractivity contribution in [3.8, 4) is 0 Å². The van der Waals surface area contributed by atoms with Crippen LogP contribution in [0.4, 0.5) is 0 Å². The van der Waals surface area contributed by atoms with E-state index in [-0.39, 0.29) is 13.2 Å². The van der Waals surface area contributed by atoms with E-state index in [9.17, 15) is 14.4 Å². The maximum Gasteiger partial charge on any atom is 0.318 e. The number of aliphatic hydroxyl groups is 1. The van der Waals surface area contributed by atoms with Crippen LogP contribution in [0.2, 0.25) is 0 Å². The topological polar surface area (TPSA) is 113 Å². The molecule has 0 saturated carbocycles. The third kappa shape index (κ3) is 5.41. The minimum Gasteiger partial charge on any atom is -0.394 e. The zero-order valence-corrected chi connectivity index (χ0v) is 9.89. The summed E-state index contributed by atoms with van der Waals surface area (Å²) in [4.78, 5) is 34.3. The van der Waals surface area contributed by atoms with Crippen LogP contribution in [0.15, 0.2) is 0 Å². The third-order valence-corrected chi connectivity index (χ3v) is 2.23. The summed E-state index contributed by atoms with van der Waals surface area (Å²) in [6.45, 7) is 1.95. The van der Waals surface area contributed by atoms with Crippen molar-refractivity contribution in [3.05, 3.63) is 0 Å². The van der Waals surface area contributed by atoms with E-state index < -0.39 is 17.9 Å². The number of imide groups is 1. The molecule has 1 atom stereocenters. The first-order valence-electron chi connectivity index (χ1n) is 5.48. The zero-order chi connectivity index (χ0) is 13.3. The van der Waals surface area contributed by atoms with Crippen LogP contribution in [-0.2, 0) is 14.4 Å². The molecule has 0 aromatic rings. The Morgan fingerprint density at radius 3 is 2.59 bits per heavy atom. The van der Waals surface area contributed by atoms with Crippen LogP contribution in [0.25, 0.3) is 0 Å². The fourth-order valence-corrected chi connectivity index (χ4v) is 1.12. The van der Waals surface area contributed by atoms with Gasteiger partial charge in [-0.05, 0) is 19.4 Å². The van der Waals surface area contributed by atoms with Gasteiger partial charge in [0.2, 0.25) is 6.41 Å². The molecule has 0 fully saturated rings. The SMILES string of the molecule is CCC(CO)NC(=O)C(=O)N(C=O)CCCN. The molecule has 0 bridgehead atoms. The highest BCUT2D eigenvalue weighted by Gasteiger charge is 2.22. The molecule has 0 heterocycles. The van der Waals surface area contributed by atoms with E-state index in [1.165, 1.54) is 0 Å². The Morgan fingerprint density at radius 1 is 1.53 bits per heavy atom. The molecule has 7 nitrogen and oxygen atoms in total. The summed E-state index contributed by atoms with van der Waals surface area (Å²) in [5.74, 6) is -1.82. The summed E-state index contributed by atoms with van der Waals surface area (Å²) in [5.41, 5.74) is 5.24. The lowest BCUT2D eigenvalue weighted by Crippen LogP contribution is -2.47. The second kappa shape index (κ2) is 8.66. The normalized spacial score (nSPS) is 11.7. The molecule has 4 N–H and O–H groups in total. The number of nitrogens with two attached hydrogens (primary N) is 1. The summed E-state index contributed by atoms with van der Waals surface area (Å²) in [6.07, 6.45) is 1.24. The van der Waals surface area contributed by atoms with Crippen molar-refractivity contribution in [1.29, 1.82) is 0 Å². The van der Waals surface area contributed by atoms with Crippen LogP contribution in [0, 0.1) is 0 Å². The molecule has 1 unspecified atom stereocenters. The first kappa shape index (κ1) is 15.5. The van der Waals surface area contributed by atoms with Gasteiger partial charge in [0.05, 0.1) is 12.6 Å². The maximum absolute atomic E-state index is 11.5. The molecule has 3 amide bonds. The average molecular weight is 245 g/mol. The molecule has 0 aromatic heterocycles. The number of nitrogens with zero attached hydrogens (tertiary/aromatic N) is 1. The van der Waals surface area contributed by atoms with E-state index in [1.54, 1.807) is 6.92 Å². The zero-order valence-electron chi connectivity index (χ0n) is 9.89.